The molecule has 0 aromatic heterocycles. The lowest BCUT2D eigenvalue weighted by atomic mass is 9.70. The van der Waals surface area contributed by atoms with E-state index >= 15 is 0 Å². The van der Waals surface area contributed by atoms with Crippen molar-refractivity contribution in [3.63, 3.8) is 0 Å². The molecule has 0 fully saturated rings. The van der Waals surface area contributed by atoms with E-state index in [0.717, 1.165) is 38.5 Å². The first-order chi connectivity index (χ1) is 21.2. The summed E-state index contributed by atoms with van der Waals surface area (Å²) in [5.74, 6) is 0. The zero-order valence-electron chi connectivity index (χ0n) is 24.6. The predicted octanol–water partition coefficient (Wildman–Crippen LogP) is 9.92. The van der Waals surface area contributed by atoms with E-state index in [9.17, 15) is 10.2 Å². The molecular formula is C41H38O2. The predicted molar refractivity (Wildman–Crippen MR) is 180 cm³/mol. The summed E-state index contributed by atoms with van der Waals surface area (Å²) in [4.78, 5) is 0. The summed E-state index contributed by atoms with van der Waals surface area (Å²) in [6, 6.07) is 44.7. The van der Waals surface area contributed by atoms with E-state index in [-0.39, 0.29) is 18.6 Å². The zero-order chi connectivity index (χ0) is 29.2. The van der Waals surface area contributed by atoms with Crippen LogP contribution in [-0.4, -0.2) is 23.4 Å². The molecule has 2 nitrogen and oxygen atoms in total. The second kappa shape index (κ2) is 11.8. The molecule has 6 aromatic carbocycles. The lowest BCUT2D eigenvalue weighted by Gasteiger charge is -2.33. The smallest absolute Gasteiger partial charge is 0.0431 e. The van der Waals surface area contributed by atoms with Crippen LogP contribution in [0.1, 0.15) is 49.7 Å². The van der Waals surface area contributed by atoms with Gasteiger partial charge in [0.05, 0.1) is 0 Å². The fourth-order valence-electron chi connectivity index (χ4n) is 7.33. The molecule has 1 aliphatic rings. The van der Waals surface area contributed by atoms with Crippen LogP contribution in [0.2, 0.25) is 0 Å². The Hall–Kier alpha value is -4.24. The summed E-state index contributed by atoms with van der Waals surface area (Å²) in [5.41, 5.74) is 10.2. The zero-order valence-corrected chi connectivity index (χ0v) is 24.6. The fourth-order valence-corrected chi connectivity index (χ4v) is 7.33. The van der Waals surface area contributed by atoms with Crippen molar-refractivity contribution in [3.8, 4) is 33.4 Å². The topological polar surface area (TPSA) is 40.5 Å². The van der Waals surface area contributed by atoms with Crippen molar-refractivity contribution >= 4 is 21.5 Å². The average molecular weight is 563 g/mol. The van der Waals surface area contributed by atoms with Crippen LogP contribution in [0.15, 0.2) is 121 Å². The van der Waals surface area contributed by atoms with E-state index in [1.54, 1.807) is 0 Å². The summed E-state index contributed by atoms with van der Waals surface area (Å²) < 4.78 is 0. The van der Waals surface area contributed by atoms with Crippen molar-refractivity contribution in [2.24, 2.45) is 0 Å². The third kappa shape index (κ3) is 5.05. The van der Waals surface area contributed by atoms with Gasteiger partial charge in [-0.3, -0.25) is 0 Å². The Balaban J connectivity index is 1.38. The van der Waals surface area contributed by atoms with Crippen LogP contribution < -0.4 is 0 Å². The third-order valence-electron chi connectivity index (χ3n) is 9.55. The summed E-state index contributed by atoms with van der Waals surface area (Å²) >= 11 is 0. The van der Waals surface area contributed by atoms with Crippen LogP contribution in [0.5, 0.6) is 0 Å². The van der Waals surface area contributed by atoms with E-state index in [2.05, 4.69) is 121 Å². The molecule has 0 heterocycles. The molecule has 0 atom stereocenters. The van der Waals surface area contributed by atoms with E-state index in [4.69, 9.17) is 0 Å². The largest absolute Gasteiger partial charge is 0.396 e. The molecule has 0 bridgehead atoms. The number of fused-ring (bicyclic) bond motifs is 5. The maximum atomic E-state index is 9.75. The summed E-state index contributed by atoms with van der Waals surface area (Å²) in [6.07, 6.45) is 5.44. The lowest BCUT2D eigenvalue weighted by Crippen LogP contribution is -2.26. The molecule has 6 aromatic rings. The number of rotatable bonds is 10. The van der Waals surface area contributed by atoms with Gasteiger partial charge < -0.3 is 10.2 Å². The van der Waals surface area contributed by atoms with Gasteiger partial charge >= 0.3 is 0 Å². The van der Waals surface area contributed by atoms with Crippen molar-refractivity contribution < 1.29 is 10.2 Å². The van der Waals surface area contributed by atoms with Crippen molar-refractivity contribution in [1.82, 2.24) is 0 Å². The number of aliphatic hydroxyl groups is 2. The SMILES string of the molecule is OCCCCC1(CCCCO)c2cc(-c3ccc4ccccc4c3)ccc2-c2ccc(-c3ccc4ccccc4c3)cc21. The minimum Gasteiger partial charge on any atom is -0.396 e. The van der Waals surface area contributed by atoms with Gasteiger partial charge in [-0.05, 0) is 129 Å². The fraction of sp³-hybridized carbons (Fsp3) is 0.220. The highest BCUT2D eigenvalue weighted by Gasteiger charge is 2.42. The Bertz CT molecular complexity index is 1780. The second-order valence-electron chi connectivity index (χ2n) is 12.1. The molecule has 2 heteroatoms. The Morgan fingerprint density at radius 2 is 0.791 bits per heavy atom. The van der Waals surface area contributed by atoms with Crippen LogP contribution in [0.3, 0.4) is 0 Å². The molecule has 214 valence electrons. The standard InChI is InChI=1S/C41H38O2/c42-23-7-5-21-41(22-6-8-24-43)39-27-35(33-15-13-29-9-1-3-11-31(29)25-33)17-19-37(39)38-20-18-36(28-40(38)41)34-16-14-30-10-2-4-12-32(30)26-34/h1-4,9-20,25-28,42-43H,5-8,21-24H2. The molecule has 0 saturated heterocycles. The van der Waals surface area contributed by atoms with Gasteiger partial charge in [0.25, 0.3) is 0 Å². The molecule has 0 radical (unpaired) electrons. The first-order valence-electron chi connectivity index (χ1n) is 15.7. The van der Waals surface area contributed by atoms with Gasteiger partial charge in [0.15, 0.2) is 0 Å². The minimum absolute atomic E-state index is 0.172. The van der Waals surface area contributed by atoms with Gasteiger partial charge in [-0.15, -0.1) is 0 Å². The molecular weight excluding hydrogens is 524 g/mol. The Labute approximate surface area is 254 Å². The highest BCUT2D eigenvalue weighted by atomic mass is 16.3. The number of unbranched alkanes of at least 4 members (excludes halogenated alkanes) is 2. The monoisotopic (exact) mass is 562 g/mol. The normalized spacial score (nSPS) is 13.3. The van der Waals surface area contributed by atoms with Crippen LogP contribution in [0, 0.1) is 0 Å². The van der Waals surface area contributed by atoms with Gasteiger partial charge in [0.2, 0.25) is 0 Å². The van der Waals surface area contributed by atoms with Crippen molar-refractivity contribution in [3.05, 3.63) is 132 Å². The van der Waals surface area contributed by atoms with Gasteiger partial charge in [-0.2, -0.15) is 0 Å². The quantitative estimate of drug-likeness (QED) is 0.163. The second-order valence-corrected chi connectivity index (χ2v) is 12.1. The molecule has 1 aliphatic carbocycles. The van der Waals surface area contributed by atoms with E-state index in [1.165, 1.54) is 66.1 Å². The highest BCUT2D eigenvalue weighted by Crippen LogP contribution is 2.55. The van der Waals surface area contributed by atoms with Crippen molar-refractivity contribution in [2.45, 2.75) is 43.9 Å². The maximum absolute atomic E-state index is 9.75. The van der Waals surface area contributed by atoms with E-state index in [1.807, 2.05) is 0 Å². The first-order valence-corrected chi connectivity index (χ1v) is 15.7. The van der Waals surface area contributed by atoms with E-state index < -0.39 is 0 Å². The number of hydrogen-bond acceptors (Lipinski definition) is 2. The van der Waals surface area contributed by atoms with E-state index in [0.29, 0.717) is 0 Å². The van der Waals surface area contributed by atoms with Crippen LogP contribution in [0.25, 0.3) is 54.9 Å². The molecule has 7 rings (SSSR count). The highest BCUT2D eigenvalue weighted by molar-refractivity contribution is 5.91. The molecule has 0 aliphatic heterocycles. The Morgan fingerprint density at radius 3 is 1.23 bits per heavy atom. The van der Waals surface area contributed by atoms with Crippen LogP contribution in [0.4, 0.5) is 0 Å². The number of aliphatic hydroxyl groups excluding tert-OH is 2. The molecule has 0 amide bonds. The Morgan fingerprint density at radius 1 is 0.395 bits per heavy atom. The Kier molecular flexibility index (Phi) is 7.57. The van der Waals surface area contributed by atoms with Gasteiger partial charge in [0, 0.05) is 18.6 Å². The molecule has 0 unspecified atom stereocenters. The number of hydrogen-bond donors (Lipinski definition) is 2. The third-order valence-corrected chi connectivity index (χ3v) is 9.55. The maximum Gasteiger partial charge on any atom is 0.0431 e. The van der Waals surface area contributed by atoms with Crippen LogP contribution >= 0.6 is 0 Å². The van der Waals surface area contributed by atoms with Gasteiger partial charge in [-0.1, -0.05) is 97.1 Å². The summed E-state index contributed by atoms with van der Waals surface area (Å²) in [6.45, 7) is 0.418. The van der Waals surface area contributed by atoms with Crippen molar-refractivity contribution in [1.29, 1.82) is 0 Å². The van der Waals surface area contributed by atoms with Gasteiger partial charge in [0.1, 0.15) is 0 Å². The lowest BCUT2D eigenvalue weighted by molar-refractivity contribution is 0.266. The number of benzene rings is 6. The van der Waals surface area contributed by atoms with Gasteiger partial charge in [-0.25, -0.2) is 0 Å². The summed E-state index contributed by atoms with van der Waals surface area (Å²) in [7, 11) is 0. The molecule has 2 N–H and O–H groups in total. The van der Waals surface area contributed by atoms with Crippen molar-refractivity contribution in [2.75, 3.05) is 13.2 Å². The molecule has 0 spiro atoms. The average Bonchev–Trinajstić information content (AvgIpc) is 3.33. The van der Waals surface area contributed by atoms with Crippen LogP contribution in [-0.2, 0) is 5.41 Å². The first kappa shape index (κ1) is 27.6. The molecule has 43 heavy (non-hydrogen) atoms. The summed E-state index contributed by atoms with van der Waals surface area (Å²) in [5, 5.41) is 24.5. The minimum atomic E-state index is -0.172. The molecule has 0 saturated carbocycles.